The van der Waals surface area contributed by atoms with E-state index in [1.807, 2.05) is 0 Å². The number of nitro benzene ring substituents is 1. The van der Waals surface area contributed by atoms with E-state index in [2.05, 4.69) is 0 Å². The standard InChI is InChI=1S/C17H16ClNO8/c1-7-5-8(20)6-9(24-2)17(7)16(21)10-13(27-17)11(18)15(26-4)12(19(22)23)14(10)25-3/h6-7H,5H2,1-4H3/t7-,17+/m0/s1. The number of Topliss-reactive ketones (excluding diaryl/α,β-unsaturated/α-hetero) is 1. The minimum absolute atomic E-state index is 0.00666. The summed E-state index contributed by atoms with van der Waals surface area (Å²) in [4.78, 5) is 36.1. The fourth-order valence-electron chi connectivity index (χ4n) is 3.59. The minimum atomic E-state index is -1.66. The second-order valence-electron chi connectivity index (χ2n) is 6.14. The summed E-state index contributed by atoms with van der Waals surface area (Å²) in [6.45, 7) is 1.65. The monoisotopic (exact) mass is 397 g/mol. The maximum absolute atomic E-state index is 13.4. The molecule has 0 bridgehead atoms. The number of methoxy groups -OCH3 is 3. The molecule has 0 aromatic heterocycles. The van der Waals surface area contributed by atoms with E-state index in [0.29, 0.717) is 0 Å². The van der Waals surface area contributed by atoms with Crippen molar-refractivity contribution in [2.45, 2.75) is 18.9 Å². The van der Waals surface area contributed by atoms with Crippen LogP contribution < -0.4 is 14.2 Å². The zero-order chi connectivity index (χ0) is 20.1. The molecular formula is C17H16ClNO8. The van der Waals surface area contributed by atoms with Gasteiger partial charge in [0.2, 0.25) is 22.9 Å². The molecule has 1 aromatic carbocycles. The molecule has 0 saturated carbocycles. The molecule has 9 nitrogen and oxygen atoms in total. The molecule has 1 aromatic rings. The number of allylic oxidation sites excluding steroid dienone is 1. The van der Waals surface area contributed by atoms with Gasteiger partial charge in [-0.15, -0.1) is 0 Å². The molecule has 2 atom stereocenters. The molecule has 10 heteroatoms. The summed E-state index contributed by atoms with van der Waals surface area (Å²) in [6, 6.07) is 0. The van der Waals surface area contributed by atoms with Crippen LogP contribution >= 0.6 is 11.6 Å². The first-order chi connectivity index (χ1) is 12.7. The molecular weight excluding hydrogens is 382 g/mol. The first kappa shape index (κ1) is 19.0. The summed E-state index contributed by atoms with van der Waals surface area (Å²) >= 11 is 6.28. The van der Waals surface area contributed by atoms with Gasteiger partial charge in [-0.3, -0.25) is 19.7 Å². The van der Waals surface area contributed by atoms with E-state index < -0.39 is 27.9 Å². The van der Waals surface area contributed by atoms with E-state index in [0.717, 1.165) is 0 Å². The molecule has 144 valence electrons. The zero-order valence-electron chi connectivity index (χ0n) is 15.0. The van der Waals surface area contributed by atoms with Gasteiger partial charge in [0.15, 0.2) is 17.3 Å². The van der Waals surface area contributed by atoms with E-state index >= 15 is 0 Å². The quantitative estimate of drug-likeness (QED) is 0.562. The van der Waals surface area contributed by atoms with Gasteiger partial charge in [-0.2, -0.15) is 0 Å². The number of carbonyl (C=O) groups excluding carboxylic acids is 2. The molecule has 1 spiro atoms. The molecule has 1 aliphatic carbocycles. The van der Waals surface area contributed by atoms with Crippen molar-refractivity contribution in [3.63, 3.8) is 0 Å². The first-order valence-corrected chi connectivity index (χ1v) is 8.26. The summed E-state index contributed by atoms with van der Waals surface area (Å²) in [6.07, 6.45) is 1.22. The highest BCUT2D eigenvalue weighted by molar-refractivity contribution is 6.36. The molecule has 0 amide bonds. The Balaban J connectivity index is 2.36. The normalized spacial score (nSPS) is 23.6. The van der Waals surface area contributed by atoms with Gasteiger partial charge < -0.3 is 18.9 Å². The number of nitro groups is 1. The van der Waals surface area contributed by atoms with Crippen molar-refractivity contribution < 1.29 is 33.5 Å². The van der Waals surface area contributed by atoms with Crippen LogP contribution in [0.2, 0.25) is 5.02 Å². The molecule has 1 heterocycles. The summed E-state index contributed by atoms with van der Waals surface area (Å²) in [5.41, 5.74) is -2.43. The van der Waals surface area contributed by atoms with Crippen LogP contribution in [0.3, 0.4) is 0 Å². The zero-order valence-corrected chi connectivity index (χ0v) is 15.7. The van der Waals surface area contributed by atoms with E-state index in [-0.39, 0.29) is 45.8 Å². The van der Waals surface area contributed by atoms with E-state index in [1.54, 1.807) is 6.92 Å². The number of benzene rings is 1. The van der Waals surface area contributed by atoms with Crippen LogP contribution in [0, 0.1) is 16.0 Å². The number of nitrogens with zero attached hydrogens (tertiary/aromatic N) is 1. The smallest absolute Gasteiger partial charge is 0.354 e. The number of halogens is 1. The summed E-state index contributed by atoms with van der Waals surface area (Å²) in [5, 5.41) is 11.3. The number of carbonyl (C=O) groups is 2. The number of hydrogen-bond donors (Lipinski definition) is 0. The highest BCUT2D eigenvalue weighted by atomic mass is 35.5. The van der Waals surface area contributed by atoms with Crippen molar-refractivity contribution in [1.29, 1.82) is 0 Å². The van der Waals surface area contributed by atoms with Crippen molar-refractivity contribution >= 4 is 28.9 Å². The van der Waals surface area contributed by atoms with Crippen molar-refractivity contribution in [3.05, 3.63) is 32.5 Å². The molecule has 3 rings (SSSR count). The van der Waals surface area contributed by atoms with Crippen molar-refractivity contribution in [1.82, 2.24) is 0 Å². The van der Waals surface area contributed by atoms with E-state index in [1.165, 1.54) is 27.4 Å². The highest BCUT2D eigenvalue weighted by Crippen LogP contribution is 2.58. The molecule has 0 fully saturated rings. The van der Waals surface area contributed by atoms with Gasteiger partial charge in [-0.25, -0.2) is 0 Å². The Morgan fingerprint density at radius 2 is 1.85 bits per heavy atom. The SMILES string of the molecule is COC1=CC(=O)C[C@H](C)[C@@]12Oc1c(Cl)c(OC)c([N+](=O)[O-])c(OC)c1C2=O. The average Bonchev–Trinajstić information content (AvgIpc) is 2.93. The predicted molar refractivity (Wildman–Crippen MR) is 92.8 cm³/mol. The Bertz CT molecular complexity index is 909. The second kappa shape index (κ2) is 6.41. The van der Waals surface area contributed by atoms with Crippen LogP contribution in [0.4, 0.5) is 5.69 Å². The Kier molecular flexibility index (Phi) is 4.51. The Morgan fingerprint density at radius 3 is 2.37 bits per heavy atom. The number of ether oxygens (including phenoxy) is 4. The van der Waals surface area contributed by atoms with E-state index in [4.69, 9.17) is 30.5 Å². The molecule has 0 unspecified atom stereocenters. The summed E-state index contributed by atoms with van der Waals surface area (Å²) < 4.78 is 21.5. The number of rotatable bonds is 4. The maximum atomic E-state index is 13.4. The van der Waals surface area contributed by atoms with Crippen LogP contribution in [0.5, 0.6) is 17.2 Å². The molecule has 0 N–H and O–H groups in total. The van der Waals surface area contributed by atoms with Gasteiger partial charge >= 0.3 is 5.69 Å². The van der Waals surface area contributed by atoms with Crippen molar-refractivity contribution in [2.24, 2.45) is 5.92 Å². The van der Waals surface area contributed by atoms with Gasteiger partial charge in [0, 0.05) is 18.4 Å². The van der Waals surface area contributed by atoms with Crippen LogP contribution in [0.15, 0.2) is 11.8 Å². The lowest BCUT2D eigenvalue weighted by Crippen LogP contribution is -2.51. The lowest BCUT2D eigenvalue weighted by atomic mass is 9.75. The third-order valence-electron chi connectivity index (χ3n) is 4.78. The lowest BCUT2D eigenvalue weighted by molar-refractivity contribution is -0.386. The van der Waals surface area contributed by atoms with Gasteiger partial charge in [0.1, 0.15) is 10.6 Å². The molecule has 2 aliphatic rings. The van der Waals surface area contributed by atoms with Gasteiger partial charge in [-0.05, 0) is 0 Å². The summed E-state index contributed by atoms with van der Waals surface area (Å²) in [7, 11) is 3.70. The molecule has 0 saturated heterocycles. The van der Waals surface area contributed by atoms with Crippen LogP contribution in [0.25, 0.3) is 0 Å². The Labute approximate surface area is 158 Å². The predicted octanol–water partition coefficient (Wildman–Crippen LogP) is 2.72. The van der Waals surface area contributed by atoms with Crippen molar-refractivity contribution in [3.8, 4) is 17.2 Å². The van der Waals surface area contributed by atoms with E-state index in [9.17, 15) is 19.7 Å². The van der Waals surface area contributed by atoms with Gasteiger partial charge in [0.25, 0.3) is 0 Å². The number of hydrogen-bond acceptors (Lipinski definition) is 8. The average molecular weight is 398 g/mol. The first-order valence-electron chi connectivity index (χ1n) is 7.89. The Morgan fingerprint density at radius 1 is 1.22 bits per heavy atom. The highest BCUT2D eigenvalue weighted by Gasteiger charge is 2.61. The summed E-state index contributed by atoms with van der Waals surface area (Å²) in [5.74, 6) is -2.16. The fraction of sp³-hybridized carbons (Fsp3) is 0.412. The number of fused-ring (bicyclic) bond motifs is 1. The van der Waals surface area contributed by atoms with Crippen LogP contribution in [-0.2, 0) is 9.53 Å². The number of ketones is 2. The topological polar surface area (TPSA) is 114 Å². The lowest BCUT2D eigenvalue weighted by Gasteiger charge is -2.36. The van der Waals surface area contributed by atoms with Gasteiger partial charge in [0.05, 0.1) is 26.3 Å². The fourth-order valence-corrected chi connectivity index (χ4v) is 3.88. The van der Waals surface area contributed by atoms with Gasteiger partial charge in [-0.1, -0.05) is 18.5 Å². The maximum Gasteiger partial charge on any atom is 0.354 e. The largest absolute Gasteiger partial charge is 0.496 e. The third-order valence-corrected chi connectivity index (χ3v) is 5.12. The Hall–Kier alpha value is -2.81. The molecule has 27 heavy (non-hydrogen) atoms. The van der Waals surface area contributed by atoms with Crippen LogP contribution in [-0.4, -0.2) is 43.4 Å². The molecule has 1 aliphatic heterocycles. The minimum Gasteiger partial charge on any atom is -0.496 e. The van der Waals surface area contributed by atoms with Crippen molar-refractivity contribution in [2.75, 3.05) is 21.3 Å². The van der Waals surface area contributed by atoms with Crippen LogP contribution in [0.1, 0.15) is 23.7 Å². The third kappa shape index (κ3) is 2.38. The molecule has 0 radical (unpaired) electrons. The second-order valence-corrected chi connectivity index (χ2v) is 6.52.